The predicted octanol–water partition coefficient (Wildman–Crippen LogP) is 6.89. The van der Waals surface area contributed by atoms with E-state index in [-0.39, 0.29) is 37.1 Å². The van der Waals surface area contributed by atoms with Crippen LogP contribution in [-0.2, 0) is 39.6 Å². The van der Waals surface area contributed by atoms with E-state index in [2.05, 4.69) is 46.5 Å². The number of oxazole rings is 1. The summed E-state index contributed by atoms with van der Waals surface area (Å²) in [6, 6.07) is 9.86. The summed E-state index contributed by atoms with van der Waals surface area (Å²) in [7, 11) is -0.895. The van der Waals surface area contributed by atoms with Crippen LogP contribution in [0.4, 0.5) is 0 Å². The minimum absolute atomic E-state index is 0.0736. The van der Waals surface area contributed by atoms with Crippen LogP contribution in [0.2, 0.25) is 16.6 Å². The first-order valence-corrected chi connectivity index (χ1v) is 18.2. The number of carbonyl (C=O) groups is 2. The number of carbonyl (C=O) groups excluding carboxylic acids is 2. The molecule has 1 unspecified atom stereocenters. The summed E-state index contributed by atoms with van der Waals surface area (Å²) in [6.45, 7) is 16.2. The average Bonchev–Trinajstić information content (AvgIpc) is 3.41. The Kier molecular flexibility index (Phi) is 12.0. The molecule has 1 aromatic heterocycles. The van der Waals surface area contributed by atoms with Crippen LogP contribution in [0, 0.1) is 12.8 Å². The average molecular weight is 630 g/mol. The van der Waals surface area contributed by atoms with Crippen molar-refractivity contribution in [2.45, 2.75) is 128 Å². The summed E-state index contributed by atoms with van der Waals surface area (Å²) in [5.41, 5.74) is 3.05. The molecule has 0 aliphatic carbocycles. The molecule has 2 aliphatic heterocycles. The molecule has 0 radical (unpaired) electrons. The van der Waals surface area contributed by atoms with Gasteiger partial charge in [-0.1, -0.05) is 71.9 Å². The number of hydrogen-bond donors (Lipinski definition) is 0. The minimum Gasteiger partial charge on any atom is -0.468 e. The van der Waals surface area contributed by atoms with Gasteiger partial charge in [-0.15, -0.1) is 0 Å². The Hall–Kier alpha value is -2.37. The molecule has 2 aromatic rings. The van der Waals surface area contributed by atoms with E-state index in [1.54, 1.807) is 6.26 Å². The monoisotopic (exact) mass is 629 g/mol. The van der Waals surface area contributed by atoms with Crippen molar-refractivity contribution in [2.75, 3.05) is 13.7 Å². The fourth-order valence-corrected chi connectivity index (χ4v) is 13.0. The van der Waals surface area contributed by atoms with Gasteiger partial charge in [0, 0.05) is 26.2 Å². The Balaban J connectivity index is 1.55. The highest BCUT2D eigenvalue weighted by Gasteiger charge is 2.49. The van der Waals surface area contributed by atoms with Gasteiger partial charge in [-0.3, -0.25) is 9.59 Å². The lowest BCUT2D eigenvalue weighted by Crippen LogP contribution is -2.53. The van der Waals surface area contributed by atoms with Gasteiger partial charge in [0.2, 0.25) is 8.32 Å². The maximum Gasteiger partial charge on any atom is 0.318 e. The molecule has 244 valence electrons. The second kappa shape index (κ2) is 15.3. The van der Waals surface area contributed by atoms with Crippen molar-refractivity contribution >= 4 is 20.1 Å². The number of esters is 1. The van der Waals surface area contributed by atoms with Crippen molar-refractivity contribution in [1.82, 2.24) is 4.98 Å². The van der Waals surface area contributed by atoms with Gasteiger partial charge in [-0.25, -0.2) is 4.98 Å². The molecule has 10 heteroatoms. The van der Waals surface area contributed by atoms with Gasteiger partial charge in [0.1, 0.15) is 24.0 Å². The number of rotatable bonds is 13. The largest absolute Gasteiger partial charge is 0.468 e. The van der Waals surface area contributed by atoms with Gasteiger partial charge < -0.3 is 27.8 Å². The highest BCUT2D eigenvalue weighted by atomic mass is 28.4. The van der Waals surface area contributed by atoms with Crippen LogP contribution in [0.25, 0.3) is 0 Å². The Morgan fingerprint density at radius 1 is 1.00 bits per heavy atom. The number of Topliss-reactive ketones (excluding diaryl/α,β-unsaturated/α-hetero) is 1. The smallest absolute Gasteiger partial charge is 0.318 e. The number of methoxy groups -OCH3 is 1. The van der Waals surface area contributed by atoms with Crippen LogP contribution in [0.1, 0.15) is 90.5 Å². The van der Waals surface area contributed by atoms with E-state index in [4.69, 9.17) is 27.8 Å². The number of hydrogen-bond acceptors (Lipinski definition) is 9. The van der Waals surface area contributed by atoms with E-state index < -0.39 is 32.4 Å². The number of ether oxygens (including phenoxy) is 4. The molecule has 44 heavy (non-hydrogen) atoms. The standard InChI is InChI=1S/C34H51NO8Si/c1-21(2)44(22(3)4,23(5)6)43-27-14-26(41-31(17-27)29-20-40-24(7)35-29)16-32-33(34(37)38-8)30(36)15-28(42-32)19-39-18-25-12-10-9-11-13-25/h9-13,20-23,26-28,31-33H,14-19H2,1-8H3/t26-,27-,28+,31+,32-,33?/m0/s1. The molecule has 3 heterocycles. The van der Waals surface area contributed by atoms with Crippen molar-refractivity contribution < 1.29 is 37.4 Å². The minimum atomic E-state index is -2.20. The van der Waals surface area contributed by atoms with Crippen molar-refractivity contribution in [2.24, 2.45) is 5.92 Å². The predicted molar refractivity (Wildman–Crippen MR) is 169 cm³/mol. The summed E-state index contributed by atoms with van der Waals surface area (Å²) < 4.78 is 36.8. The van der Waals surface area contributed by atoms with E-state index in [0.717, 1.165) is 11.3 Å². The van der Waals surface area contributed by atoms with Gasteiger partial charge >= 0.3 is 5.97 Å². The highest BCUT2D eigenvalue weighted by molar-refractivity contribution is 6.77. The zero-order valence-electron chi connectivity index (χ0n) is 27.6. The lowest BCUT2D eigenvalue weighted by molar-refractivity contribution is -0.179. The zero-order chi connectivity index (χ0) is 32.0. The van der Waals surface area contributed by atoms with Gasteiger partial charge in [0.25, 0.3) is 0 Å². The molecular weight excluding hydrogens is 578 g/mol. The lowest BCUT2D eigenvalue weighted by Gasteiger charge is -2.47. The van der Waals surface area contributed by atoms with Gasteiger partial charge in [0.15, 0.2) is 11.7 Å². The molecule has 0 amide bonds. The summed E-state index contributed by atoms with van der Waals surface area (Å²) in [4.78, 5) is 30.8. The van der Waals surface area contributed by atoms with Crippen LogP contribution < -0.4 is 0 Å². The SMILES string of the molecule is COC(=O)C1C(=O)C[C@H](COCc2ccccc2)O[C@H]1C[C@@H]1C[C@H](O[Si](C(C)C)(C(C)C)C(C)C)C[C@H](c2coc(C)n2)O1. The number of aromatic nitrogens is 1. The molecule has 9 nitrogen and oxygen atoms in total. The van der Waals surface area contributed by atoms with E-state index in [1.165, 1.54) is 7.11 Å². The second-order valence-electron chi connectivity index (χ2n) is 13.3. The molecular formula is C34H51NO8Si. The van der Waals surface area contributed by atoms with E-state index in [9.17, 15) is 9.59 Å². The fourth-order valence-electron chi connectivity index (χ4n) is 7.41. The molecule has 0 N–H and O–H groups in total. The Morgan fingerprint density at radius 2 is 1.68 bits per heavy atom. The maximum atomic E-state index is 13.3. The first-order chi connectivity index (χ1) is 20.9. The summed E-state index contributed by atoms with van der Waals surface area (Å²) in [6.07, 6.45) is 1.45. The zero-order valence-corrected chi connectivity index (χ0v) is 28.6. The third-order valence-electron chi connectivity index (χ3n) is 9.28. The van der Waals surface area contributed by atoms with Crippen molar-refractivity contribution in [3.05, 3.63) is 53.7 Å². The van der Waals surface area contributed by atoms with E-state index >= 15 is 0 Å². The molecule has 0 spiro atoms. The Bertz CT molecular complexity index is 1190. The summed E-state index contributed by atoms with van der Waals surface area (Å²) in [5.74, 6) is -1.22. The van der Waals surface area contributed by atoms with Crippen molar-refractivity contribution in [3.8, 4) is 0 Å². The van der Waals surface area contributed by atoms with E-state index in [0.29, 0.717) is 48.4 Å². The molecule has 2 saturated heterocycles. The third kappa shape index (κ3) is 8.06. The Morgan fingerprint density at radius 3 is 2.27 bits per heavy atom. The molecule has 2 aliphatic rings. The van der Waals surface area contributed by atoms with Gasteiger partial charge in [-0.2, -0.15) is 0 Å². The molecule has 0 bridgehead atoms. The number of nitrogens with zero attached hydrogens (tertiary/aromatic N) is 1. The number of benzene rings is 1. The second-order valence-corrected chi connectivity index (χ2v) is 18.7. The van der Waals surface area contributed by atoms with Gasteiger partial charge in [-0.05, 0) is 28.6 Å². The lowest BCUT2D eigenvalue weighted by atomic mass is 9.85. The van der Waals surface area contributed by atoms with Crippen LogP contribution in [0.5, 0.6) is 0 Å². The molecule has 4 rings (SSSR count). The fraction of sp³-hybridized carbons (Fsp3) is 0.676. The van der Waals surface area contributed by atoms with Crippen molar-refractivity contribution in [1.29, 1.82) is 0 Å². The van der Waals surface area contributed by atoms with E-state index in [1.807, 2.05) is 37.3 Å². The van der Waals surface area contributed by atoms with Gasteiger partial charge in [0.05, 0.1) is 44.7 Å². The van der Waals surface area contributed by atoms with Crippen LogP contribution in [-0.4, -0.2) is 63.2 Å². The highest BCUT2D eigenvalue weighted by Crippen LogP contribution is 2.46. The molecule has 0 saturated carbocycles. The first kappa shape index (κ1) is 34.5. The maximum absolute atomic E-state index is 13.3. The number of aryl methyl sites for hydroxylation is 1. The topological polar surface area (TPSA) is 106 Å². The first-order valence-electron chi connectivity index (χ1n) is 16.1. The summed E-state index contributed by atoms with van der Waals surface area (Å²) in [5, 5.41) is 0. The number of ketones is 1. The Labute approximate surface area is 263 Å². The summed E-state index contributed by atoms with van der Waals surface area (Å²) >= 11 is 0. The quantitative estimate of drug-likeness (QED) is 0.133. The van der Waals surface area contributed by atoms with Crippen LogP contribution in [0.15, 0.2) is 41.0 Å². The van der Waals surface area contributed by atoms with Crippen molar-refractivity contribution in [3.63, 3.8) is 0 Å². The molecule has 2 fully saturated rings. The normalized spacial score (nSPS) is 26.5. The van der Waals surface area contributed by atoms with Crippen LogP contribution in [0.3, 0.4) is 0 Å². The molecule has 1 aromatic carbocycles. The molecule has 6 atom stereocenters. The third-order valence-corrected chi connectivity index (χ3v) is 15.4. The van der Waals surface area contributed by atoms with Crippen LogP contribution >= 0.6 is 0 Å².